The summed E-state index contributed by atoms with van der Waals surface area (Å²) in [5.41, 5.74) is 1.90. The highest BCUT2D eigenvalue weighted by molar-refractivity contribution is 7.17. The standard InChI is InChI=1S/C20H19N3OS2/c1-12(16-9-6-10-25-16)21-13(2)18-22-19(24)17-15(11-26-20(17)23-18)14-7-4-3-5-8-14/h3-13,21H,1-2H3,(H,22,23,24)/t12-,13-/m1/s1. The Labute approximate surface area is 159 Å². The summed E-state index contributed by atoms with van der Waals surface area (Å²) >= 11 is 3.24. The molecule has 0 amide bonds. The molecule has 1 aromatic carbocycles. The van der Waals surface area contributed by atoms with Crippen LogP contribution >= 0.6 is 22.7 Å². The SMILES string of the molecule is C[C@@H](N[C@H](C)c1cccs1)c1nc2scc(-c3ccccc3)c2c(=O)[nH]1. The molecule has 2 atom stereocenters. The molecule has 0 unspecified atom stereocenters. The van der Waals surface area contributed by atoms with Crippen molar-refractivity contribution in [3.8, 4) is 11.1 Å². The van der Waals surface area contributed by atoms with Crippen LogP contribution in [-0.2, 0) is 0 Å². The van der Waals surface area contributed by atoms with Gasteiger partial charge in [-0.2, -0.15) is 0 Å². The number of benzene rings is 1. The van der Waals surface area contributed by atoms with Crippen LogP contribution < -0.4 is 10.9 Å². The maximum atomic E-state index is 12.8. The molecule has 0 bridgehead atoms. The molecule has 0 spiro atoms. The number of aromatic amines is 1. The van der Waals surface area contributed by atoms with Crippen molar-refractivity contribution >= 4 is 32.9 Å². The number of aromatic nitrogens is 2. The first-order valence-electron chi connectivity index (χ1n) is 8.50. The fourth-order valence-corrected chi connectivity index (χ4v) is 4.77. The van der Waals surface area contributed by atoms with Crippen LogP contribution in [0.2, 0.25) is 0 Å². The number of fused-ring (bicyclic) bond motifs is 1. The molecule has 0 aliphatic heterocycles. The fourth-order valence-electron chi connectivity index (χ4n) is 3.07. The Balaban J connectivity index is 1.67. The second kappa shape index (κ2) is 7.15. The van der Waals surface area contributed by atoms with E-state index in [2.05, 4.69) is 28.7 Å². The van der Waals surface area contributed by atoms with E-state index in [0.717, 1.165) is 16.0 Å². The van der Waals surface area contributed by atoms with Gasteiger partial charge in [-0.25, -0.2) is 4.98 Å². The van der Waals surface area contributed by atoms with Gasteiger partial charge in [-0.05, 0) is 30.9 Å². The van der Waals surface area contributed by atoms with Gasteiger partial charge in [0, 0.05) is 21.9 Å². The van der Waals surface area contributed by atoms with Gasteiger partial charge >= 0.3 is 0 Å². The molecule has 132 valence electrons. The summed E-state index contributed by atoms with van der Waals surface area (Å²) in [5.74, 6) is 0.673. The molecule has 0 radical (unpaired) electrons. The van der Waals surface area contributed by atoms with Crippen LogP contribution in [0.25, 0.3) is 21.3 Å². The third-order valence-corrected chi connectivity index (χ3v) is 6.35. The van der Waals surface area contributed by atoms with Crippen molar-refractivity contribution < 1.29 is 0 Å². The fraction of sp³-hybridized carbons (Fsp3) is 0.200. The van der Waals surface area contributed by atoms with Crippen molar-refractivity contribution in [3.63, 3.8) is 0 Å². The maximum absolute atomic E-state index is 12.8. The molecule has 4 nitrogen and oxygen atoms in total. The van der Waals surface area contributed by atoms with E-state index in [1.807, 2.05) is 48.7 Å². The van der Waals surface area contributed by atoms with Gasteiger partial charge in [0.2, 0.25) is 0 Å². The predicted molar refractivity (Wildman–Crippen MR) is 110 cm³/mol. The lowest BCUT2D eigenvalue weighted by molar-refractivity contribution is 0.482. The van der Waals surface area contributed by atoms with Crippen LogP contribution in [0.15, 0.2) is 58.0 Å². The van der Waals surface area contributed by atoms with Crippen molar-refractivity contribution in [1.29, 1.82) is 0 Å². The summed E-state index contributed by atoms with van der Waals surface area (Å²) < 4.78 is 0. The normalized spacial score (nSPS) is 13.8. The minimum atomic E-state index is -0.0810. The van der Waals surface area contributed by atoms with Crippen LogP contribution in [-0.4, -0.2) is 9.97 Å². The van der Waals surface area contributed by atoms with E-state index in [1.54, 1.807) is 11.3 Å². The number of hydrogen-bond acceptors (Lipinski definition) is 5. The molecule has 4 aromatic rings. The molecule has 26 heavy (non-hydrogen) atoms. The van der Waals surface area contributed by atoms with Crippen LogP contribution in [0.4, 0.5) is 0 Å². The Hall–Kier alpha value is -2.28. The number of hydrogen-bond donors (Lipinski definition) is 2. The van der Waals surface area contributed by atoms with E-state index < -0.39 is 0 Å². The summed E-state index contributed by atoms with van der Waals surface area (Å²) in [5, 5.41) is 8.26. The van der Waals surface area contributed by atoms with Gasteiger partial charge in [-0.3, -0.25) is 4.79 Å². The highest BCUT2D eigenvalue weighted by Gasteiger charge is 2.17. The number of H-pyrrole nitrogens is 1. The number of thiophene rings is 2. The van der Waals surface area contributed by atoms with Crippen LogP contribution in [0.1, 0.15) is 36.6 Å². The van der Waals surface area contributed by atoms with Gasteiger partial charge in [0.15, 0.2) is 0 Å². The zero-order valence-corrected chi connectivity index (χ0v) is 16.2. The Morgan fingerprint density at radius 3 is 2.58 bits per heavy atom. The van der Waals surface area contributed by atoms with Gasteiger partial charge in [-0.15, -0.1) is 22.7 Å². The third kappa shape index (κ3) is 3.23. The minimum Gasteiger partial charge on any atom is -0.309 e. The average Bonchev–Trinajstić information content (AvgIpc) is 3.32. The van der Waals surface area contributed by atoms with Gasteiger partial charge in [0.1, 0.15) is 10.7 Å². The second-order valence-corrected chi connectivity index (χ2v) is 8.11. The molecular weight excluding hydrogens is 362 g/mol. The van der Waals surface area contributed by atoms with Gasteiger partial charge in [0.05, 0.1) is 11.4 Å². The summed E-state index contributed by atoms with van der Waals surface area (Å²) in [6, 6.07) is 14.3. The number of rotatable bonds is 5. The third-order valence-electron chi connectivity index (χ3n) is 4.43. The largest absolute Gasteiger partial charge is 0.309 e. The van der Waals surface area contributed by atoms with Crippen molar-refractivity contribution in [2.24, 2.45) is 0 Å². The summed E-state index contributed by atoms with van der Waals surface area (Å²) in [4.78, 5) is 22.5. The van der Waals surface area contributed by atoms with E-state index in [9.17, 15) is 4.79 Å². The zero-order valence-electron chi connectivity index (χ0n) is 14.5. The molecule has 0 aliphatic carbocycles. The topological polar surface area (TPSA) is 57.8 Å². The lowest BCUT2D eigenvalue weighted by Gasteiger charge is -2.18. The van der Waals surface area contributed by atoms with E-state index in [1.165, 1.54) is 16.2 Å². The van der Waals surface area contributed by atoms with Gasteiger partial charge < -0.3 is 10.3 Å². The monoisotopic (exact) mass is 381 g/mol. The van der Waals surface area contributed by atoms with Gasteiger partial charge in [-0.1, -0.05) is 36.4 Å². The summed E-state index contributed by atoms with van der Waals surface area (Å²) in [6.07, 6.45) is 0. The van der Waals surface area contributed by atoms with Gasteiger partial charge in [0.25, 0.3) is 5.56 Å². The molecule has 4 rings (SSSR count). The summed E-state index contributed by atoms with van der Waals surface area (Å²) in [6.45, 7) is 4.15. The molecule has 0 aliphatic rings. The molecule has 0 saturated heterocycles. The molecule has 3 aromatic heterocycles. The molecule has 2 N–H and O–H groups in total. The minimum absolute atomic E-state index is 0.0496. The lowest BCUT2D eigenvalue weighted by Crippen LogP contribution is -2.25. The van der Waals surface area contributed by atoms with Crippen molar-refractivity contribution in [2.75, 3.05) is 0 Å². The molecule has 0 fully saturated rings. The maximum Gasteiger partial charge on any atom is 0.260 e. The highest BCUT2D eigenvalue weighted by atomic mass is 32.1. The molecule has 3 heterocycles. The Morgan fingerprint density at radius 2 is 1.85 bits per heavy atom. The predicted octanol–water partition coefficient (Wildman–Crippen LogP) is 5.12. The van der Waals surface area contributed by atoms with E-state index in [4.69, 9.17) is 4.98 Å². The van der Waals surface area contributed by atoms with E-state index in [-0.39, 0.29) is 17.6 Å². The summed E-state index contributed by atoms with van der Waals surface area (Å²) in [7, 11) is 0. The molecular formula is C20H19N3OS2. The first-order valence-corrected chi connectivity index (χ1v) is 10.3. The Bertz CT molecular complexity index is 1070. The Morgan fingerprint density at radius 1 is 1.04 bits per heavy atom. The lowest BCUT2D eigenvalue weighted by atomic mass is 10.1. The average molecular weight is 382 g/mol. The highest BCUT2D eigenvalue weighted by Crippen LogP contribution is 2.31. The Kier molecular flexibility index (Phi) is 4.72. The van der Waals surface area contributed by atoms with Crippen molar-refractivity contribution in [3.05, 3.63) is 74.3 Å². The quantitative estimate of drug-likeness (QED) is 0.504. The number of nitrogens with zero attached hydrogens (tertiary/aromatic N) is 1. The van der Waals surface area contributed by atoms with Crippen LogP contribution in [0.5, 0.6) is 0 Å². The molecule has 6 heteroatoms. The van der Waals surface area contributed by atoms with Crippen LogP contribution in [0, 0.1) is 0 Å². The first kappa shape index (κ1) is 17.1. The zero-order chi connectivity index (χ0) is 18.1. The van der Waals surface area contributed by atoms with E-state index >= 15 is 0 Å². The van der Waals surface area contributed by atoms with Crippen molar-refractivity contribution in [1.82, 2.24) is 15.3 Å². The smallest absolute Gasteiger partial charge is 0.260 e. The van der Waals surface area contributed by atoms with E-state index in [0.29, 0.717) is 11.2 Å². The van der Waals surface area contributed by atoms with Crippen LogP contribution in [0.3, 0.4) is 0 Å². The second-order valence-electron chi connectivity index (χ2n) is 6.27. The molecule has 0 saturated carbocycles. The first-order chi connectivity index (χ1) is 12.6. The number of nitrogens with one attached hydrogen (secondary N) is 2. The van der Waals surface area contributed by atoms with Crippen molar-refractivity contribution in [2.45, 2.75) is 25.9 Å².